The average Bonchev–Trinajstić information content (AvgIpc) is 2.98. The molecule has 0 unspecified atom stereocenters. The Bertz CT molecular complexity index is 1090. The highest BCUT2D eigenvalue weighted by Gasteiger charge is 2.17. The molecule has 2 heterocycles. The van der Waals surface area contributed by atoms with E-state index in [1.165, 1.54) is 0 Å². The Morgan fingerprint density at radius 2 is 1.96 bits per heavy atom. The van der Waals surface area contributed by atoms with Crippen LogP contribution in [0.5, 0.6) is 0 Å². The summed E-state index contributed by atoms with van der Waals surface area (Å²) in [5, 5.41) is 0.504. The summed E-state index contributed by atoms with van der Waals surface area (Å²) in [5.74, 6) is -0.315. The molecule has 0 radical (unpaired) electrons. The molecule has 3 aromatic rings. The Morgan fingerprint density at radius 1 is 1.21 bits per heavy atom. The van der Waals surface area contributed by atoms with Gasteiger partial charge in [-0.15, -0.1) is 0 Å². The number of hydrogen-bond acceptors (Lipinski definition) is 5. The SMILES string of the molecule is CCn1c(C)cc(C(=O)COC(=O)CCc2nc3ccccc3c(=O)[nH]2)c1C. The summed E-state index contributed by atoms with van der Waals surface area (Å²) < 4.78 is 7.16. The summed E-state index contributed by atoms with van der Waals surface area (Å²) >= 11 is 0. The second kappa shape index (κ2) is 8.21. The number of ether oxygens (including phenoxy) is 1. The lowest BCUT2D eigenvalue weighted by Gasteiger charge is -2.07. The number of esters is 1. The maximum atomic E-state index is 12.4. The third-order valence-corrected chi connectivity index (χ3v) is 4.78. The normalized spacial score (nSPS) is 11.0. The highest BCUT2D eigenvalue weighted by molar-refractivity contribution is 5.99. The number of rotatable bonds is 7. The van der Waals surface area contributed by atoms with E-state index in [0.717, 1.165) is 17.9 Å². The number of nitrogens with zero attached hydrogens (tertiary/aromatic N) is 2. The average molecular weight is 381 g/mol. The fraction of sp³-hybridized carbons (Fsp3) is 0.333. The molecule has 0 aliphatic heterocycles. The second-order valence-corrected chi connectivity index (χ2v) is 6.64. The van der Waals surface area contributed by atoms with Gasteiger partial charge in [-0.25, -0.2) is 4.98 Å². The summed E-state index contributed by atoms with van der Waals surface area (Å²) in [6.07, 6.45) is 0.264. The van der Waals surface area contributed by atoms with E-state index in [2.05, 4.69) is 9.97 Å². The van der Waals surface area contributed by atoms with Crippen molar-refractivity contribution in [2.45, 2.75) is 40.2 Å². The van der Waals surface area contributed by atoms with Gasteiger partial charge in [-0.3, -0.25) is 14.4 Å². The number of H-pyrrole nitrogens is 1. The quantitative estimate of drug-likeness (QED) is 0.502. The molecule has 0 spiro atoms. The van der Waals surface area contributed by atoms with Crippen LogP contribution in [0.15, 0.2) is 35.1 Å². The van der Waals surface area contributed by atoms with Crippen molar-refractivity contribution >= 4 is 22.7 Å². The van der Waals surface area contributed by atoms with Gasteiger partial charge in [-0.05, 0) is 39.0 Å². The van der Waals surface area contributed by atoms with Gasteiger partial charge in [0.05, 0.1) is 17.3 Å². The highest BCUT2D eigenvalue weighted by Crippen LogP contribution is 2.16. The molecule has 0 aliphatic rings. The van der Waals surface area contributed by atoms with E-state index in [4.69, 9.17) is 4.74 Å². The van der Waals surface area contributed by atoms with E-state index < -0.39 is 5.97 Å². The van der Waals surface area contributed by atoms with Gasteiger partial charge in [0.2, 0.25) is 5.78 Å². The van der Waals surface area contributed by atoms with Crippen molar-refractivity contribution < 1.29 is 14.3 Å². The Balaban J connectivity index is 1.58. The lowest BCUT2D eigenvalue weighted by Crippen LogP contribution is -2.17. The van der Waals surface area contributed by atoms with Crippen LogP contribution < -0.4 is 5.56 Å². The fourth-order valence-electron chi connectivity index (χ4n) is 3.34. The number of carbonyl (C=O) groups is 2. The summed E-state index contributed by atoms with van der Waals surface area (Å²) in [6.45, 7) is 6.32. The van der Waals surface area contributed by atoms with Crippen LogP contribution in [0.25, 0.3) is 10.9 Å². The Labute approximate surface area is 162 Å². The number of para-hydroxylation sites is 1. The molecule has 0 fully saturated rings. The van der Waals surface area contributed by atoms with Crippen LogP contribution in [0.4, 0.5) is 0 Å². The number of benzene rings is 1. The zero-order valence-electron chi connectivity index (χ0n) is 16.2. The van der Waals surface area contributed by atoms with E-state index in [9.17, 15) is 14.4 Å². The van der Waals surface area contributed by atoms with E-state index >= 15 is 0 Å². The molecule has 7 nitrogen and oxygen atoms in total. The number of ketones is 1. The molecule has 146 valence electrons. The molecule has 0 bridgehead atoms. The molecular formula is C21H23N3O4. The zero-order chi connectivity index (χ0) is 20.3. The summed E-state index contributed by atoms with van der Waals surface area (Å²) in [4.78, 5) is 43.5. The Kier molecular flexibility index (Phi) is 5.73. The first-order valence-corrected chi connectivity index (χ1v) is 9.24. The molecule has 0 amide bonds. The van der Waals surface area contributed by atoms with Crippen molar-refractivity contribution in [3.05, 3.63) is 63.5 Å². The summed E-state index contributed by atoms with van der Waals surface area (Å²) in [5.41, 5.74) is 2.79. The molecule has 0 aliphatic carbocycles. The van der Waals surface area contributed by atoms with E-state index in [-0.39, 0.29) is 30.8 Å². The summed E-state index contributed by atoms with van der Waals surface area (Å²) in [6, 6.07) is 8.83. The predicted octanol–water partition coefficient (Wildman–Crippen LogP) is 2.72. The number of Topliss-reactive ketones (excluding diaryl/α,β-unsaturated/α-hetero) is 1. The van der Waals surface area contributed by atoms with Gasteiger partial charge < -0.3 is 14.3 Å². The van der Waals surface area contributed by atoms with Crippen LogP contribution in [-0.4, -0.2) is 32.9 Å². The first-order chi connectivity index (χ1) is 13.4. The Hall–Kier alpha value is -3.22. The predicted molar refractivity (Wildman–Crippen MR) is 106 cm³/mol. The van der Waals surface area contributed by atoms with Gasteiger partial charge in [0, 0.05) is 29.9 Å². The van der Waals surface area contributed by atoms with Gasteiger partial charge in [0.25, 0.3) is 5.56 Å². The first-order valence-electron chi connectivity index (χ1n) is 9.24. The van der Waals surface area contributed by atoms with Gasteiger partial charge >= 0.3 is 5.97 Å². The topological polar surface area (TPSA) is 94.0 Å². The maximum absolute atomic E-state index is 12.4. The van der Waals surface area contributed by atoms with Crippen LogP contribution in [0.3, 0.4) is 0 Å². The van der Waals surface area contributed by atoms with E-state index in [1.54, 1.807) is 24.3 Å². The van der Waals surface area contributed by atoms with Crippen molar-refractivity contribution in [1.29, 1.82) is 0 Å². The molecule has 0 saturated heterocycles. The van der Waals surface area contributed by atoms with Crippen LogP contribution in [-0.2, 0) is 22.5 Å². The summed E-state index contributed by atoms with van der Waals surface area (Å²) in [7, 11) is 0. The molecule has 2 aromatic heterocycles. The molecule has 1 N–H and O–H groups in total. The number of aromatic amines is 1. The lowest BCUT2D eigenvalue weighted by atomic mass is 10.1. The van der Waals surface area contributed by atoms with Crippen molar-refractivity contribution in [3.63, 3.8) is 0 Å². The number of aryl methyl sites for hydroxylation is 2. The van der Waals surface area contributed by atoms with Crippen molar-refractivity contribution in [2.75, 3.05) is 6.61 Å². The van der Waals surface area contributed by atoms with Crippen LogP contribution in [0.2, 0.25) is 0 Å². The monoisotopic (exact) mass is 381 g/mol. The van der Waals surface area contributed by atoms with Crippen LogP contribution in [0.1, 0.15) is 40.9 Å². The van der Waals surface area contributed by atoms with Crippen molar-refractivity contribution in [2.24, 2.45) is 0 Å². The number of aromatic nitrogens is 3. The first kappa shape index (κ1) is 19.5. The number of hydrogen-bond donors (Lipinski definition) is 1. The minimum absolute atomic E-state index is 0.0303. The van der Waals surface area contributed by atoms with Crippen molar-refractivity contribution in [3.8, 4) is 0 Å². The number of nitrogens with one attached hydrogen (secondary N) is 1. The molecule has 3 rings (SSSR count). The largest absolute Gasteiger partial charge is 0.457 e. The Morgan fingerprint density at radius 3 is 2.68 bits per heavy atom. The van der Waals surface area contributed by atoms with Gasteiger partial charge in [-0.1, -0.05) is 12.1 Å². The third kappa shape index (κ3) is 4.03. The van der Waals surface area contributed by atoms with Gasteiger partial charge in [-0.2, -0.15) is 0 Å². The number of fused-ring (bicyclic) bond motifs is 1. The zero-order valence-corrected chi connectivity index (χ0v) is 16.2. The maximum Gasteiger partial charge on any atom is 0.306 e. The number of carbonyl (C=O) groups excluding carboxylic acids is 2. The molecule has 0 saturated carbocycles. The van der Waals surface area contributed by atoms with Crippen LogP contribution in [0, 0.1) is 13.8 Å². The minimum atomic E-state index is -0.506. The molecule has 0 atom stereocenters. The molecule has 28 heavy (non-hydrogen) atoms. The second-order valence-electron chi connectivity index (χ2n) is 6.64. The van der Waals surface area contributed by atoms with E-state index in [1.807, 2.05) is 31.4 Å². The van der Waals surface area contributed by atoms with Gasteiger partial charge in [0.15, 0.2) is 6.61 Å². The fourth-order valence-corrected chi connectivity index (χ4v) is 3.34. The van der Waals surface area contributed by atoms with Gasteiger partial charge in [0.1, 0.15) is 5.82 Å². The lowest BCUT2D eigenvalue weighted by molar-refractivity contribution is -0.142. The molecule has 1 aromatic carbocycles. The molecular weight excluding hydrogens is 358 g/mol. The highest BCUT2D eigenvalue weighted by atomic mass is 16.5. The van der Waals surface area contributed by atoms with Crippen LogP contribution >= 0.6 is 0 Å². The van der Waals surface area contributed by atoms with Crippen molar-refractivity contribution in [1.82, 2.24) is 14.5 Å². The molecule has 7 heteroatoms. The smallest absolute Gasteiger partial charge is 0.306 e. The van der Waals surface area contributed by atoms with E-state index in [0.29, 0.717) is 22.3 Å². The minimum Gasteiger partial charge on any atom is -0.457 e. The third-order valence-electron chi connectivity index (χ3n) is 4.78. The standard InChI is InChI=1S/C21H23N3O4/c1-4-24-13(2)11-16(14(24)3)18(25)12-28-20(26)10-9-19-22-17-8-6-5-7-15(17)21(27)23-19/h5-8,11H,4,9-10,12H2,1-3H3,(H,22,23,27).